The van der Waals surface area contributed by atoms with Crippen LogP contribution in [0, 0.1) is 5.92 Å². The number of amides is 1. The van der Waals surface area contributed by atoms with E-state index in [1.807, 2.05) is 0 Å². The highest BCUT2D eigenvalue weighted by Gasteiger charge is 2.72. The Morgan fingerprint density at radius 3 is 2.61 bits per heavy atom. The molecule has 1 aliphatic carbocycles. The number of epoxide rings is 2. The van der Waals surface area contributed by atoms with E-state index in [9.17, 15) is 9.90 Å². The standard InChI is InChI=1S/C21H35NO6/c1-13(2)7-8-15-20(5,28-15)17-16(25-6)14(9-10-21(17)12-26-21)27-18(23)22-11-19(3,4)24/h7,14-17,24H,8-12H2,1-6H3,(H,22,23)/t14-,15?,16-,17-,20+,21?/m1/s1. The molecule has 2 aliphatic heterocycles. The topological polar surface area (TPSA) is 92.9 Å². The Hall–Kier alpha value is -1.15. The van der Waals surface area contributed by atoms with Gasteiger partial charge in [0.05, 0.1) is 24.2 Å². The molecule has 7 nitrogen and oxygen atoms in total. The minimum Gasteiger partial charge on any atom is -0.443 e. The molecule has 0 aromatic carbocycles. The van der Waals surface area contributed by atoms with Gasteiger partial charge in [-0.2, -0.15) is 0 Å². The first kappa shape index (κ1) is 21.6. The van der Waals surface area contributed by atoms with E-state index >= 15 is 0 Å². The summed E-state index contributed by atoms with van der Waals surface area (Å²) in [5, 5.41) is 12.4. The van der Waals surface area contributed by atoms with Crippen molar-refractivity contribution in [1.29, 1.82) is 0 Å². The van der Waals surface area contributed by atoms with Gasteiger partial charge >= 0.3 is 6.09 Å². The molecule has 0 aromatic heterocycles. The smallest absolute Gasteiger partial charge is 0.407 e. The maximum Gasteiger partial charge on any atom is 0.407 e. The molecule has 2 unspecified atom stereocenters. The van der Waals surface area contributed by atoms with Gasteiger partial charge < -0.3 is 29.4 Å². The molecular formula is C21H35NO6. The second-order valence-electron chi connectivity index (χ2n) is 9.49. The van der Waals surface area contributed by atoms with Crippen molar-refractivity contribution in [3.63, 3.8) is 0 Å². The third-order valence-corrected chi connectivity index (χ3v) is 6.16. The Morgan fingerprint density at radius 1 is 1.39 bits per heavy atom. The predicted octanol–water partition coefficient (Wildman–Crippen LogP) is 2.56. The number of ether oxygens (including phenoxy) is 4. The molecule has 7 heteroatoms. The molecule has 1 spiro atoms. The zero-order valence-electron chi connectivity index (χ0n) is 17.9. The highest BCUT2D eigenvalue weighted by Crippen LogP contribution is 2.59. The molecule has 160 valence electrons. The fourth-order valence-corrected chi connectivity index (χ4v) is 4.54. The Bertz CT molecular complexity index is 619. The maximum absolute atomic E-state index is 12.2. The fraction of sp³-hybridized carbons (Fsp3) is 0.857. The van der Waals surface area contributed by atoms with Crippen LogP contribution in [0.15, 0.2) is 11.6 Å². The summed E-state index contributed by atoms with van der Waals surface area (Å²) in [4.78, 5) is 12.2. The molecule has 0 aromatic rings. The molecule has 2 saturated heterocycles. The number of allylic oxidation sites excluding steroid dienone is 1. The quantitative estimate of drug-likeness (QED) is 0.507. The Balaban J connectivity index is 1.69. The van der Waals surface area contributed by atoms with E-state index in [1.165, 1.54) is 5.57 Å². The van der Waals surface area contributed by atoms with Gasteiger partial charge in [0.1, 0.15) is 23.4 Å². The van der Waals surface area contributed by atoms with Gasteiger partial charge in [-0.25, -0.2) is 4.79 Å². The number of hydrogen-bond donors (Lipinski definition) is 2. The number of rotatable bonds is 7. The van der Waals surface area contributed by atoms with Crippen molar-refractivity contribution in [1.82, 2.24) is 5.32 Å². The Labute approximate surface area is 167 Å². The highest BCUT2D eigenvalue weighted by molar-refractivity contribution is 5.67. The Morgan fingerprint density at radius 2 is 2.07 bits per heavy atom. The fourth-order valence-electron chi connectivity index (χ4n) is 4.54. The van der Waals surface area contributed by atoms with Crippen molar-refractivity contribution >= 4 is 6.09 Å². The first-order chi connectivity index (χ1) is 13.0. The molecule has 1 amide bonds. The molecule has 0 radical (unpaired) electrons. The van der Waals surface area contributed by atoms with Crippen LogP contribution in [0.25, 0.3) is 0 Å². The minimum atomic E-state index is -0.992. The lowest BCUT2D eigenvalue weighted by Crippen LogP contribution is -2.56. The van der Waals surface area contributed by atoms with Crippen LogP contribution in [0.4, 0.5) is 4.79 Å². The first-order valence-electron chi connectivity index (χ1n) is 10.2. The summed E-state index contributed by atoms with van der Waals surface area (Å²) < 4.78 is 23.6. The van der Waals surface area contributed by atoms with Crippen LogP contribution < -0.4 is 5.32 Å². The minimum absolute atomic E-state index is 0.00129. The van der Waals surface area contributed by atoms with E-state index in [0.717, 1.165) is 12.8 Å². The molecule has 3 fully saturated rings. The zero-order chi connectivity index (χ0) is 20.7. The lowest BCUT2D eigenvalue weighted by atomic mass is 9.68. The summed E-state index contributed by atoms with van der Waals surface area (Å²) in [5.41, 5.74) is -0.312. The van der Waals surface area contributed by atoms with E-state index in [-0.39, 0.29) is 42.0 Å². The lowest BCUT2D eigenvalue weighted by molar-refractivity contribution is -0.118. The van der Waals surface area contributed by atoms with Crippen molar-refractivity contribution in [2.45, 2.75) is 89.0 Å². The van der Waals surface area contributed by atoms with E-state index in [2.05, 4.69) is 32.2 Å². The normalized spacial score (nSPS) is 39.4. The van der Waals surface area contributed by atoms with Crippen molar-refractivity contribution in [3.05, 3.63) is 11.6 Å². The average molecular weight is 398 g/mol. The monoisotopic (exact) mass is 397 g/mol. The highest BCUT2D eigenvalue weighted by atomic mass is 16.6. The van der Waals surface area contributed by atoms with Crippen molar-refractivity contribution < 1.29 is 28.8 Å². The molecule has 1 saturated carbocycles. The number of hydrogen-bond acceptors (Lipinski definition) is 6. The molecule has 28 heavy (non-hydrogen) atoms. The molecule has 3 aliphatic rings. The molecule has 2 heterocycles. The summed E-state index contributed by atoms with van der Waals surface area (Å²) in [7, 11) is 1.65. The van der Waals surface area contributed by atoms with Crippen molar-refractivity contribution in [2.24, 2.45) is 5.92 Å². The summed E-state index contributed by atoms with van der Waals surface area (Å²) in [5.74, 6) is 0.00129. The SMILES string of the molecule is CO[C@@H]1[C@H](OC(=O)NCC(C)(C)O)CCC2(CO2)[C@H]1[C@@]1(C)OC1CC=C(C)C. The van der Waals surface area contributed by atoms with E-state index < -0.39 is 11.7 Å². The van der Waals surface area contributed by atoms with Gasteiger partial charge in [-0.3, -0.25) is 0 Å². The van der Waals surface area contributed by atoms with Crippen LogP contribution in [0.1, 0.15) is 53.9 Å². The van der Waals surface area contributed by atoms with E-state index in [1.54, 1.807) is 21.0 Å². The maximum atomic E-state index is 12.2. The predicted molar refractivity (Wildman–Crippen MR) is 104 cm³/mol. The third-order valence-electron chi connectivity index (χ3n) is 6.16. The molecule has 0 bridgehead atoms. The van der Waals surface area contributed by atoms with Gasteiger partial charge in [-0.1, -0.05) is 11.6 Å². The van der Waals surface area contributed by atoms with Crippen LogP contribution in [-0.4, -0.2) is 66.6 Å². The first-order valence-corrected chi connectivity index (χ1v) is 10.2. The van der Waals surface area contributed by atoms with Crippen LogP contribution >= 0.6 is 0 Å². The summed E-state index contributed by atoms with van der Waals surface area (Å²) in [6, 6.07) is 0. The number of carbonyl (C=O) groups excluding carboxylic acids is 1. The largest absolute Gasteiger partial charge is 0.443 e. The van der Waals surface area contributed by atoms with Gasteiger partial charge in [0, 0.05) is 13.7 Å². The number of methoxy groups -OCH3 is 1. The number of aliphatic hydroxyl groups is 1. The van der Waals surface area contributed by atoms with Gasteiger partial charge in [0.15, 0.2) is 0 Å². The van der Waals surface area contributed by atoms with Gasteiger partial charge in [-0.05, 0) is 53.9 Å². The average Bonchev–Trinajstić information content (AvgIpc) is 3.50. The number of nitrogens with one attached hydrogen (secondary N) is 1. The number of carbonyl (C=O) groups is 1. The van der Waals surface area contributed by atoms with Gasteiger partial charge in [0.25, 0.3) is 0 Å². The molecule has 2 N–H and O–H groups in total. The summed E-state index contributed by atoms with van der Waals surface area (Å²) in [6.45, 7) is 10.4. The molecular weight excluding hydrogens is 362 g/mol. The van der Waals surface area contributed by atoms with Crippen LogP contribution in [0.2, 0.25) is 0 Å². The van der Waals surface area contributed by atoms with Crippen molar-refractivity contribution in [3.8, 4) is 0 Å². The van der Waals surface area contributed by atoms with Crippen molar-refractivity contribution in [2.75, 3.05) is 20.3 Å². The van der Waals surface area contributed by atoms with Gasteiger partial charge in [0.2, 0.25) is 0 Å². The molecule has 3 rings (SSSR count). The van der Waals surface area contributed by atoms with E-state index in [4.69, 9.17) is 18.9 Å². The summed E-state index contributed by atoms with van der Waals surface area (Å²) in [6.07, 6.45) is 3.45. The van der Waals surface area contributed by atoms with E-state index in [0.29, 0.717) is 13.0 Å². The summed E-state index contributed by atoms with van der Waals surface area (Å²) >= 11 is 0. The van der Waals surface area contributed by atoms with Crippen LogP contribution in [0.3, 0.4) is 0 Å². The lowest BCUT2D eigenvalue weighted by Gasteiger charge is -2.42. The second-order valence-corrected chi connectivity index (χ2v) is 9.49. The second kappa shape index (κ2) is 7.59. The van der Waals surface area contributed by atoms with Crippen LogP contribution in [-0.2, 0) is 18.9 Å². The Kier molecular flexibility index (Phi) is 5.85. The van der Waals surface area contributed by atoms with Gasteiger partial charge in [-0.15, -0.1) is 0 Å². The van der Waals surface area contributed by atoms with Crippen LogP contribution in [0.5, 0.6) is 0 Å². The third kappa shape index (κ3) is 4.53. The zero-order valence-corrected chi connectivity index (χ0v) is 17.9. The number of alkyl carbamates (subject to hydrolysis) is 1. The molecule has 6 atom stereocenters.